The molecule has 1 aliphatic rings. The van der Waals surface area contributed by atoms with Gasteiger partial charge in [0.25, 0.3) is 5.56 Å². The lowest BCUT2D eigenvalue weighted by molar-refractivity contribution is -0.139. The monoisotopic (exact) mass is 678 g/mol. The van der Waals surface area contributed by atoms with E-state index in [2.05, 4.69) is 13.0 Å². The normalized spacial score (nSPS) is 14.5. The van der Waals surface area contributed by atoms with Gasteiger partial charge in [-0.2, -0.15) is 5.10 Å². The number of hydrogen-bond donors (Lipinski definition) is 0. The van der Waals surface area contributed by atoms with E-state index >= 15 is 0 Å². The summed E-state index contributed by atoms with van der Waals surface area (Å²) in [6, 6.07) is 23.2. The molecule has 0 saturated heterocycles. The zero-order valence-electron chi connectivity index (χ0n) is 27.7. The number of rotatable bonds is 11. The molecule has 0 fully saturated rings. The molecule has 6 rings (SSSR count). The molecule has 3 aromatic carbocycles. The highest BCUT2D eigenvalue weighted by Gasteiger charge is 2.33. The lowest BCUT2D eigenvalue weighted by Gasteiger charge is -2.24. The van der Waals surface area contributed by atoms with Crippen molar-refractivity contribution in [2.24, 2.45) is 4.99 Å². The zero-order valence-corrected chi connectivity index (χ0v) is 29.4. The Morgan fingerprint density at radius 3 is 2.50 bits per heavy atom. The summed E-state index contributed by atoms with van der Waals surface area (Å²) in [5.41, 5.74) is 5.82. The van der Waals surface area contributed by atoms with Crippen LogP contribution in [0.2, 0.25) is 0 Å². The van der Waals surface area contributed by atoms with Crippen molar-refractivity contribution in [3.8, 4) is 22.7 Å². The summed E-state index contributed by atoms with van der Waals surface area (Å²) in [6.07, 6.45) is 7.89. The van der Waals surface area contributed by atoms with Crippen molar-refractivity contribution in [2.45, 2.75) is 51.5 Å². The van der Waals surface area contributed by atoms with Gasteiger partial charge in [0.2, 0.25) is 0 Å². The van der Waals surface area contributed by atoms with Gasteiger partial charge in [-0.25, -0.2) is 14.5 Å². The molecule has 5 aromatic rings. The van der Waals surface area contributed by atoms with Crippen LogP contribution in [0.15, 0.2) is 105 Å². The topological polar surface area (TPSA) is 87.7 Å². The number of unbranched alkanes of at least 4 members (excludes halogenated alkanes) is 1. The largest absolute Gasteiger partial charge is 0.493 e. The molecule has 0 N–H and O–H groups in total. The molecule has 0 radical (unpaired) electrons. The summed E-state index contributed by atoms with van der Waals surface area (Å²) in [4.78, 5) is 34.0. The van der Waals surface area contributed by atoms with E-state index in [4.69, 9.17) is 19.6 Å². The van der Waals surface area contributed by atoms with Crippen molar-refractivity contribution in [1.29, 1.82) is 0 Å². The van der Waals surface area contributed by atoms with Crippen molar-refractivity contribution in [3.05, 3.63) is 127 Å². The van der Waals surface area contributed by atoms with Gasteiger partial charge in [-0.1, -0.05) is 55.0 Å². The number of aryl methyl sites for hydroxylation is 1. The molecule has 0 aliphatic carbocycles. The molecule has 246 valence electrons. The van der Waals surface area contributed by atoms with Gasteiger partial charge in [0, 0.05) is 22.2 Å². The molecule has 3 heterocycles. The van der Waals surface area contributed by atoms with Crippen LogP contribution >= 0.6 is 23.1 Å². The van der Waals surface area contributed by atoms with E-state index in [9.17, 15) is 9.59 Å². The number of fused-ring (bicyclic) bond motifs is 1. The van der Waals surface area contributed by atoms with Crippen LogP contribution < -0.4 is 19.6 Å². The van der Waals surface area contributed by atoms with Crippen molar-refractivity contribution in [2.75, 3.05) is 19.5 Å². The molecule has 8 nitrogen and oxygen atoms in total. The number of ether oxygens (including phenoxy) is 2. The number of benzene rings is 3. The second-order valence-corrected chi connectivity index (χ2v) is 13.4. The van der Waals surface area contributed by atoms with Gasteiger partial charge in [0.15, 0.2) is 4.80 Å². The third-order valence-electron chi connectivity index (χ3n) is 8.20. The summed E-state index contributed by atoms with van der Waals surface area (Å²) in [6.45, 7) is 8.64. The van der Waals surface area contributed by atoms with Crippen LogP contribution in [-0.2, 0) is 9.53 Å². The predicted molar refractivity (Wildman–Crippen MR) is 193 cm³/mol. The first kappa shape index (κ1) is 33.2. The number of esters is 1. The maximum atomic E-state index is 14.4. The molecule has 0 amide bonds. The zero-order chi connectivity index (χ0) is 33.8. The fourth-order valence-corrected chi connectivity index (χ4v) is 7.20. The molecule has 0 bridgehead atoms. The van der Waals surface area contributed by atoms with Gasteiger partial charge in [-0.05, 0) is 93.1 Å². The molecule has 1 atom stereocenters. The van der Waals surface area contributed by atoms with E-state index in [0.717, 1.165) is 57.1 Å². The van der Waals surface area contributed by atoms with E-state index in [1.165, 1.54) is 11.3 Å². The Morgan fingerprint density at radius 2 is 1.81 bits per heavy atom. The number of para-hydroxylation sites is 1. The third-order valence-corrected chi connectivity index (χ3v) is 9.93. The summed E-state index contributed by atoms with van der Waals surface area (Å²) in [5.74, 6) is 0.374. The molecule has 10 heteroatoms. The average Bonchev–Trinajstić information content (AvgIpc) is 3.65. The van der Waals surface area contributed by atoms with Gasteiger partial charge in [-0.3, -0.25) is 9.36 Å². The number of aromatic nitrogens is 3. The van der Waals surface area contributed by atoms with Gasteiger partial charge in [-0.15, -0.1) is 11.8 Å². The first-order chi connectivity index (χ1) is 23.3. The van der Waals surface area contributed by atoms with Crippen molar-refractivity contribution in [1.82, 2.24) is 14.3 Å². The van der Waals surface area contributed by atoms with Crippen LogP contribution in [0.1, 0.15) is 56.3 Å². The number of hydrogen-bond acceptors (Lipinski definition) is 8. The second kappa shape index (κ2) is 14.6. The molecular formula is C38H38N4O4S2. The van der Waals surface area contributed by atoms with Crippen molar-refractivity contribution in [3.63, 3.8) is 0 Å². The Bertz CT molecular complexity index is 2160. The van der Waals surface area contributed by atoms with E-state index in [0.29, 0.717) is 27.2 Å². The highest BCUT2D eigenvalue weighted by atomic mass is 32.2. The van der Waals surface area contributed by atoms with Crippen LogP contribution in [-0.4, -0.2) is 39.8 Å². The van der Waals surface area contributed by atoms with Gasteiger partial charge in [0.05, 0.1) is 40.7 Å². The maximum Gasteiger partial charge on any atom is 0.338 e. The number of carbonyl (C=O) groups is 1. The number of thioether (sulfide) groups is 1. The molecule has 1 unspecified atom stereocenters. The van der Waals surface area contributed by atoms with E-state index in [1.54, 1.807) is 30.2 Å². The molecule has 48 heavy (non-hydrogen) atoms. The third kappa shape index (κ3) is 6.68. The molecule has 2 aromatic heterocycles. The smallest absolute Gasteiger partial charge is 0.338 e. The number of nitrogens with zero attached hydrogens (tertiary/aromatic N) is 4. The number of carbonyl (C=O) groups excluding carboxylic acids is 1. The Kier molecular flexibility index (Phi) is 10.1. The van der Waals surface area contributed by atoms with E-state index in [-0.39, 0.29) is 12.2 Å². The van der Waals surface area contributed by atoms with Crippen LogP contribution in [0.4, 0.5) is 0 Å². The highest BCUT2D eigenvalue weighted by molar-refractivity contribution is 7.98. The van der Waals surface area contributed by atoms with Gasteiger partial charge in [0.1, 0.15) is 11.4 Å². The molecule has 0 saturated carbocycles. The summed E-state index contributed by atoms with van der Waals surface area (Å²) < 4.78 is 15.4. The summed E-state index contributed by atoms with van der Waals surface area (Å²) >= 11 is 2.93. The lowest BCUT2D eigenvalue weighted by Crippen LogP contribution is -2.39. The summed E-state index contributed by atoms with van der Waals surface area (Å²) in [7, 11) is 0. The standard InChI is InChI=1S/C38H38N4O4S2/c1-6-8-20-46-31-19-16-27(21-24(31)3)34-28(23-41(40-34)29-12-10-9-11-13-29)22-32-36(43)42-35(26-14-17-30(47-5)18-15-26)33(37(44)45-7-2)25(4)39-38(42)48-32/h9-19,21-23,35H,6-8,20H2,1-5H3. The predicted octanol–water partition coefficient (Wildman–Crippen LogP) is 6.86. The van der Waals surface area contributed by atoms with E-state index in [1.807, 2.05) is 96.9 Å². The quantitative estimate of drug-likeness (QED) is 0.0862. The van der Waals surface area contributed by atoms with Gasteiger partial charge >= 0.3 is 5.97 Å². The first-order valence-electron chi connectivity index (χ1n) is 16.1. The van der Waals surface area contributed by atoms with Gasteiger partial charge < -0.3 is 9.47 Å². The average molecular weight is 679 g/mol. The minimum Gasteiger partial charge on any atom is -0.493 e. The highest BCUT2D eigenvalue weighted by Crippen LogP contribution is 2.32. The SMILES string of the molecule is CCCCOc1ccc(-c2nn(-c3ccccc3)cc2C=c2sc3n(c2=O)C(c2ccc(SC)cc2)C(C(=O)OCC)=C(C)N=3)cc1C. The summed E-state index contributed by atoms with van der Waals surface area (Å²) in [5, 5.41) is 5.00. The Balaban J connectivity index is 1.51. The maximum absolute atomic E-state index is 14.4. The lowest BCUT2D eigenvalue weighted by atomic mass is 9.96. The second-order valence-electron chi connectivity index (χ2n) is 11.5. The Labute approximate surface area is 288 Å². The minimum atomic E-state index is -0.673. The van der Waals surface area contributed by atoms with Crippen LogP contribution in [0.25, 0.3) is 23.0 Å². The van der Waals surface area contributed by atoms with Crippen molar-refractivity contribution < 1.29 is 14.3 Å². The fourth-order valence-electron chi connectivity index (χ4n) is 5.75. The van der Waals surface area contributed by atoms with Crippen LogP contribution in [0, 0.1) is 6.92 Å². The van der Waals surface area contributed by atoms with Crippen LogP contribution in [0.3, 0.4) is 0 Å². The molecular weight excluding hydrogens is 641 g/mol. The molecule has 1 aliphatic heterocycles. The number of allylic oxidation sites excluding steroid dienone is 1. The first-order valence-corrected chi connectivity index (χ1v) is 18.1. The van der Waals surface area contributed by atoms with Crippen LogP contribution in [0.5, 0.6) is 5.75 Å². The number of thiazole rings is 1. The Morgan fingerprint density at radius 1 is 1.04 bits per heavy atom. The minimum absolute atomic E-state index is 0.220. The molecule has 0 spiro atoms. The van der Waals surface area contributed by atoms with Crippen molar-refractivity contribution >= 4 is 35.1 Å². The Hall–Kier alpha value is -4.67. The van der Waals surface area contributed by atoms with E-state index < -0.39 is 12.0 Å². The fraction of sp³-hybridized carbons (Fsp3) is 0.263.